The minimum absolute atomic E-state index is 0.147. The van der Waals surface area contributed by atoms with Crippen LogP contribution in [0.15, 0.2) is 72.8 Å². The number of rotatable bonds is 7. The molecular weight excluding hydrogens is 334 g/mol. The van der Waals surface area contributed by atoms with Crippen LogP contribution in [0.25, 0.3) is 0 Å². The number of imidazole rings is 1. The van der Waals surface area contributed by atoms with Crippen LogP contribution in [0.4, 0.5) is 0 Å². The Morgan fingerprint density at radius 2 is 1.63 bits per heavy atom. The minimum Gasteiger partial charge on any atom is -0.345 e. The topological polar surface area (TPSA) is 46.9 Å². The van der Waals surface area contributed by atoms with Crippen LogP contribution in [0.3, 0.4) is 0 Å². The quantitative estimate of drug-likeness (QED) is 0.648. The van der Waals surface area contributed by atoms with Crippen molar-refractivity contribution < 1.29 is 4.79 Å². The van der Waals surface area contributed by atoms with Gasteiger partial charge in [-0.2, -0.15) is 0 Å². The molecule has 0 aliphatic carbocycles. The Balaban J connectivity index is 1.89. The second-order valence-electron chi connectivity index (χ2n) is 6.76. The Labute approximate surface area is 160 Å². The van der Waals surface area contributed by atoms with Crippen LogP contribution in [0, 0.1) is 6.92 Å². The zero-order chi connectivity index (χ0) is 19.2. The maximum Gasteiger partial charge on any atom is 0.246 e. The van der Waals surface area contributed by atoms with E-state index in [1.165, 1.54) is 11.1 Å². The molecule has 3 rings (SSSR count). The van der Waals surface area contributed by atoms with Gasteiger partial charge in [0.25, 0.3) is 0 Å². The number of amides is 1. The van der Waals surface area contributed by atoms with Crippen molar-refractivity contribution in [3.8, 4) is 0 Å². The van der Waals surface area contributed by atoms with Gasteiger partial charge in [-0.1, -0.05) is 67.2 Å². The molecule has 1 N–H and O–H groups in total. The van der Waals surface area contributed by atoms with Gasteiger partial charge in [0, 0.05) is 24.2 Å². The number of benzene rings is 2. The van der Waals surface area contributed by atoms with Crippen LogP contribution in [0.2, 0.25) is 0 Å². The maximum atomic E-state index is 11.9. The molecule has 0 spiro atoms. The summed E-state index contributed by atoms with van der Waals surface area (Å²) in [7, 11) is 0. The van der Waals surface area contributed by atoms with E-state index in [4.69, 9.17) is 4.98 Å². The van der Waals surface area contributed by atoms with E-state index < -0.39 is 0 Å². The number of nitrogens with one attached hydrogen (secondary N) is 1. The summed E-state index contributed by atoms with van der Waals surface area (Å²) in [6.07, 6.45) is 0.774. The predicted octanol–water partition coefficient (Wildman–Crippen LogP) is 4.02. The molecule has 0 atom stereocenters. The second-order valence-corrected chi connectivity index (χ2v) is 6.76. The van der Waals surface area contributed by atoms with E-state index in [2.05, 4.69) is 47.7 Å². The first-order valence-corrected chi connectivity index (χ1v) is 9.11. The van der Waals surface area contributed by atoms with Gasteiger partial charge in [-0.3, -0.25) is 4.79 Å². The van der Waals surface area contributed by atoms with Gasteiger partial charge in [0.15, 0.2) is 0 Å². The maximum absolute atomic E-state index is 11.9. The lowest BCUT2D eigenvalue weighted by Crippen LogP contribution is -2.25. The predicted molar refractivity (Wildman–Crippen MR) is 108 cm³/mol. The lowest BCUT2D eigenvalue weighted by Gasteiger charge is -2.11. The van der Waals surface area contributed by atoms with E-state index in [0.717, 1.165) is 30.2 Å². The highest BCUT2D eigenvalue weighted by molar-refractivity contribution is 5.91. The molecule has 0 saturated heterocycles. The van der Waals surface area contributed by atoms with Crippen LogP contribution in [-0.2, 0) is 24.3 Å². The molecule has 3 aromatic rings. The lowest BCUT2D eigenvalue weighted by molar-refractivity contribution is -0.117. The fraction of sp³-hybridized carbons (Fsp3) is 0.217. The summed E-state index contributed by atoms with van der Waals surface area (Å²) in [4.78, 5) is 16.8. The summed E-state index contributed by atoms with van der Waals surface area (Å²) >= 11 is 0. The Kier molecular flexibility index (Phi) is 5.87. The summed E-state index contributed by atoms with van der Waals surface area (Å²) in [6, 6.07) is 20.6. The average Bonchev–Trinajstić information content (AvgIpc) is 2.96. The molecule has 0 bridgehead atoms. The average molecular weight is 359 g/mol. The number of carbonyl (C=O) groups is 1. The zero-order valence-corrected chi connectivity index (χ0v) is 15.9. The molecule has 1 aromatic heterocycles. The van der Waals surface area contributed by atoms with Gasteiger partial charge in [0.2, 0.25) is 5.91 Å². The first-order valence-electron chi connectivity index (χ1n) is 9.11. The number of nitrogens with zero attached hydrogens (tertiary/aromatic N) is 2. The summed E-state index contributed by atoms with van der Waals surface area (Å²) in [6.45, 7) is 8.61. The Hall–Kier alpha value is -3.14. The number of aromatic nitrogens is 2. The summed E-state index contributed by atoms with van der Waals surface area (Å²) in [5, 5.41) is 2.91. The molecule has 1 amide bonds. The fourth-order valence-electron chi connectivity index (χ4n) is 3.02. The van der Waals surface area contributed by atoms with Crippen molar-refractivity contribution in [1.29, 1.82) is 0 Å². The number of hydrogen-bond acceptors (Lipinski definition) is 2. The van der Waals surface area contributed by atoms with Crippen molar-refractivity contribution in [2.45, 2.75) is 33.4 Å². The monoisotopic (exact) mass is 359 g/mol. The third kappa shape index (κ3) is 4.73. The molecule has 0 unspecified atom stereocenters. The van der Waals surface area contributed by atoms with E-state index in [9.17, 15) is 4.79 Å². The third-order valence-corrected chi connectivity index (χ3v) is 4.59. The molecule has 1 heterocycles. The van der Waals surface area contributed by atoms with Crippen molar-refractivity contribution in [3.05, 3.63) is 101 Å². The Morgan fingerprint density at radius 1 is 1.04 bits per heavy atom. The second kappa shape index (κ2) is 8.49. The number of hydrogen-bond donors (Lipinski definition) is 1. The molecule has 4 heteroatoms. The van der Waals surface area contributed by atoms with Gasteiger partial charge in [0.1, 0.15) is 5.82 Å². The number of carbonyl (C=O) groups excluding carboxylic acids is 1. The summed E-state index contributed by atoms with van der Waals surface area (Å²) < 4.78 is 2.19. The van der Waals surface area contributed by atoms with Gasteiger partial charge in [-0.15, -0.1) is 0 Å². The first kappa shape index (κ1) is 18.6. The van der Waals surface area contributed by atoms with Gasteiger partial charge in [-0.25, -0.2) is 4.98 Å². The van der Waals surface area contributed by atoms with Gasteiger partial charge < -0.3 is 9.88 Å². The highest BCUT2D eigenvalue weighted by atomic mass is 16.1. The minimum atomic E-state index is -0.147. The molecule has 0 aliphatic heterocycles. The molecule has 0 aliphatic rings. The van der Waals surface area contributed by atoms with Gasteiger partial charge in [0.05, 0.1) is 12.2 Å². The van der Waals surface area contributed by atoms with Crippen LogP contribution in [0.5, 0.6) is 0 Å². The smallest absolute Gasteiger partial charge is 0.246 e. The molecule has 27 heavy (non-hydrogen) atoms. The lowest BCUT2D eigenvalue weighted by atomic mass is 10.1. The molecular formula is C23H25N3O. The first-order chi connectivity index (χ1) is 13.0. The van der Waals surface area contributed by atoms with Crippen LogP contribution in [0.1, 0.15) is 35.3 Å². The van der Waals surface area contributed by atoms with E-state index in [1.54, 1.807) is 6.92 Å². The Morgan fingerprint density at radius 3 is 2.22 bits per heavy atom. The van der Waals surface area contributed by atoms with Crippen molar-refractivity contribution in [3.63, 3.8) is 0 Å². The largest absolute Gasteiger partial charge is 0.345 e. The SMILES string of the molecule is C=C(C)C(=O)NCc1nc(Cc2ccccc2)c(C)n1Cc1ccccc1. The highest BCUT2D eigenvalue weighted by Gasteiger charge is 2.15. The molecule has 2 aromatic carbocycles. The third-order valence-electron chi connectivity index (χ3n) is 4.59. The van der Waals surface area contributed by atoms with Crippen molar-refractivity contribution in [2.24, 2.45) is 0 Å². The van der Waals surface area contributed by atoms with E-state index >= 15 is 0 Å². The zero-order valence-electron chi connectivity index (χ0n) is 15.9. The normalized spacial score (nSPS) is 10.6. The van der Waals surface area contributed by atoms with E-state index in [-0.39, 0.29) is 5.91 Å². The van der Waals surface area contributed by atoms with Crippen LogP contribution in [-0.4, -0.2) is 15.5 Å². The van der Waals surface area contributed by atoms with E-state index in [1.807, 2.05) is 36.4 Å². The fourth-order valence-corrected chi connectivity index (χ4v) is 3.02. The van der Waals surface area contributed by atoms with Crippen molar-refractivity contribution >= 4 is 5.91 Å². The molecule has 4 nitrogen and oxygen atoms in total. The standard InChI is InChI=1S/C23H25N3O/c1-17(2)23(27)24-15-22-25-21(14-19-10-6-4-7-11-19)18(3)26(22)16-20-12-8-5-9-13-20/h4-13H,1,14-16H2,2-3H3,(H,24,27). The molecule has 0 fully saturated rings. The van der Waals surface area contributed by atoms with Gasteiger partial charge in [-0.05, 0) is 25.0 Å². The molecule has 138 valence electrons. The van der Waals surface area contributed by atoms with E-state index in [0.29, 0.717) is 12.1 Å². The summed E-state index contributed by atoms with van der Waals surface area (Å²) in [5.74, 6) is 0.711. The van der Waals surface area contributed by atoms with Crippen LogP contribution < -0.4 is 5.32 Å². The molecule has 0 radical (unpaired) electrons. The Bertz CT molecular complexity index is 927. The highest BCUT2D eigenvalue weighted by Crippen LogP contribution is 2.18. The molecule has 0 saturated carbocycles. The summed E-state index contributed by atoms with van der Waals surface area (Å²) in [5.41, 5.74) is 5.09. The van der Waals surface area contributed by atoms with Crippen LogP contribution >= 0.6 is 0 Å². The van der Waals surface area contributed by atoms with Crippen molar-refractivity contribution in [2.75, 3.05) is 0 Å². The van der Waals surface area contributed by atoms with Crippen molar-refractivity contribution in [1.82, 2.24) is 14.9 Å². The van der Waals surface area contributed by atoms with Gasteiger partial charge >= 0.3 is 0 Å².